The molecule has 2 rings (SSSR count). The maximum Gasteiger partial charge on any atom is 0.244 e. The van der Waals surface area contributed by atoms with Crippen LogP contribution in [-0.4, -0.2) is 18.2 Å². The molecule has 1 amide bonds. The van der Waals surface area contributed by atoms with Gasteiger partial charge in [-0.05, 0) is 42.8 Å². The van der Waals surface area contributed by atoms with Gasteiger partial charge in [-0.25, -0.2) is 0 Å². The molecule has 3 atom stereocenters. The van der Waals surface area contributed by atoms with Gasteiger partial charge in [-0.3, -0.25) is 4.79 Å². The lowest BCUT2D eigenvalue weighted by atomic mass is 10.2. The summed E-state index contributed by atoms with van der Waals surface area (Å²) >= 11 is 1.56. The summed E-state index contributed by atoms with van der Waals surface area (Å²) in [5.74, 6) is 1.83. The Labute approximate surface area is 83.2 Å². The third-order valence-electron chi connectivity index (χ3n) is 3.03. The summed E-state index contributed by atoms with van der Waals surface area (Å²) in [6, 6.07) is 0.476. The number of nitrogens with one attached hydrogen (secondary N) is 1. The monoisotopic (exact) mass is 197 g/mol. The number of hydrogen-bond donors (Lipinski definition) is 1. The van der Waals surface area contributed by atoms with Gasteiger partial charge in [0.25, 0.3) is 0 Å². The van der Waals surface area contributed by atoms with Gasteiger partial charge in [0, 0.05) is 12.1 Å². The van der Waals surface area contributed by atoms with E-state index in [9.17, 15) is 4.79 Å². The molecule has 0 bridgehead atoms. The number of hydrogen-bond acceptors (Lipinski definition) is 2. The Morgan fingerprint density at radius 1 is 1.54 bits per heavy atom. The van der Waals surface area contributed by atoms with E-state index in [1.165, 1.54) is 19.3 Å². The first-order chi connectivity index (χ1) is 6.31. The van der Waals surface area contributed by atoms with Gasteiger partial charge in [-0.2, -0.15) is 0 Å². The van der Waals surface area contributed by atoms with E-state index < -0.39 is 0 Å². The van der Waals surface area contributed by atoms with Gasteiger partial charge in [0.1, 0.15) is 0 Å². The number of carbonyl (C=O) groups excluding carboxylic acids is 1. The Morgan fingerprint density at radius 3 is 2.92 bits per heavy atom. The predicted octanol–water partition coefficient (Wildman–Crippen LogP) is 1.78. The third kappa shape index (κ3) is 2.08. The molecule has 2 aliphatic rings. The summed E-state index contributed by atoms with van der Waals surface area (Å²) in [5, 5.41) is 4.89. The van der Waals surface area contributed by atoms with Crippen molar-refractivity contribution in [2.75, 3.05) is 6.26 Å². The molecule has 13 heavy (non-hydrogen) atoms. The van der Waals surface area contributed by atoms with Crippen LogP contribution in [0, 0.1) is 11.8 Å². The topological polar surface area (TPSA) is 29.1 Å². The van der Waals surface area contributed by atoms with Crippen molar-refractivity contribution >= 4 is 17.7 Å². The molecule has 0 saturated heterocycles. The minimum atomic E-state index is 0.0758. The smallest absolute Gasteiger partial charge is 0.244 e. The third-order valence-corrected chi connectivity index (χ3v) is 3.43. The van der Waals surface area contributed by atoms with Gasteiger partial charge >= 0.3 is 0 Å². The summed E-state index contributed by atoms with van der Waals surface area (Å²) in [6.45, 7) is 0. The number of carbonyl (C=O) groups is 1. The number of rotatable bonds is 3. The summed E-state index contributed by atoms with van der Waals surface area (Å²) in [5.41, 5.74) is 0. The normalized spacial score (nSPS) is 36.2. The van der Waals surface area contributed by atoms with Crippen molar-refractivity contribution in [2.24, 2.45) is 11.8 Å². The van der Waals surface area contributed by atoms with Crippen LogP contribution >= 0.6 is 11.8 Å². The van der Waals surface area contributed by atoms with Gasteiger partial charge in [-0.15, -0.1) is 11.8 Å². The molecular weight excluding hydrogens is 182 g/mol. The van der Waals surface area contributed by atoms with Crippen molar-refractivity contribution in [3.8, 4) is 0 Å². The molecule has 3 unspecified atom stereocenters. The first-order valence-corrected chi connectivity index (χ1v) is 6.10. The number of amides is 1. The van der Waals surface area contributed by atoms with Gasteiger partial charge in [0.2, 0.25) is 5.91 Å². The maximum absolute atomic E-state index is 11.3. The van der Waals surface area contributed by atoms with Crippen LogP contribution in [0.25, 0.3) is 0 Å². The van der Waals surface area contributed by atoms with Gasteiger partial charge in [0.05, 0.1) is 0 Å². The fourth-order valence-electron chi connectivity index (χ4n) is 2.24. The Morgan fingerprint density at radius 2 is 2.38 bits per heavy atom. The SMILES string of the molecule is CS/C=C/C(=O)NC1CCC2CC21. The summed E-state index contributed by atoms with van der Waals surface area (Å²) in [4.78, 5) is 11.3. The van der Waals surface area contributed by atoms with Gasteiger partial charge in [0.15, 0.2) is 0 Å². The summed E-state index contributed by atoms with van der Waals surface area (Å²) in [7, 11) is 0. The largest absolute Gasteiger partial charge is 0.350 e. The fraction of sp³-hybridized carbons (Fsp3) is 0.700. The van der Waals surface area contributed by atoms with E-state index in [2.05, 4.69) is 5.32 Å². The van der Waals surface area contributed by atoms with Crippen LogP contribution in [0.2, 0.25) is 0 Å². The lowest BCUT2D eigenvalue weighted by molar-refractivity contribution is -0.117. The minimum absolute atomic E-state index is 0.0758. The van der Waals surface area contributed by atoms with Crippen molar-refractivity contribution < 1.29 is 4.79 Å². The standard InChI is InChI=1S/C10H15NOS/c1-13-5-4-10(12)11-9-3-2-7-6-8(7)9/h4-5,7-9H,2-3,6H2,1H3,(H,11,12)/b5-4+. The van der Waals surface area contributed by atoms with Crippen molar-refractivity contribution in [3.05, 3.63) is 11.5 Å². The van der Waals surface area contributed by atoms with Crippen molar-refractivity contribution in [2.45, 2.75) is 25.3 Å². The van der Waals surface area contributed by atoms with Crippen LogP contribution in [0.4, 0.5) is 0 Å². The van der Waals surface area contributed by atoms with E-state index in [0.29, 0.717) is 6.04 Å². The molecule has 0 aromatic heterocycles. The van der Waals surface area contributed by atoms with Crippen LogP contribution in [-0.2, 0) is 4.79 Å². The molecule has 0 aromatic carbocycles. The first-order valence-electron chi connectivity index (χ1n) is 4.81. The molecule has 2 aliphatic carbocycles. The quantitative estimate of drug-likeness (QED) is 0.699. The van der Waals surface area contributed by atoms with Gasteiger partial charge < -0.3 is 5.32 Å². The Balaban J connectivity index is 1.77. The molecule has 0 radical (unpaired) electrons. The summed E-state index contributed by atoms with van der Waals surface area (Å²) in [6.07, 6.45) is 7.43. The second-order valence-electron chi connectivity index (χ2n) is 3.89. The second kappa shape index (κ2) is 3.74. The van der Waals surface area contributed by atoms with E-state index in [1.807, 2.05) is 11.7 Å². The van der Waals surface area contributed by atoms with Crippen LogP contribution in [0.15, 0.2) is 11.5 Å². The highest BCUT2D eigenvalue weighted by Crippen LogP contribution is 2.51. The van der Waals surface area contributed by atoms with Crippen LogP contribution in [0.3, 0.4) is 0 Å². The molecule has 0 aromatic rings. The van der Waals surface area contributed by atoms with Crippen molar-refractivity contribution in [1.29, 1.82) is 0 Å². The highest BCUT2D eigenvalue weighted by atomic mass is 32.2. The Kier molecular flexibility index (Phi) is 2.63. The molecule has 1 N–H and O–H groups in total. The van der Waals surface area contributed by atoms with Gasteiger partial charge in [-0.1, -0.05) is 0 Å². The molecule has 0 heterocycles. The van der Waals surface area contributed by atoms with E-state index in [1.54, 1.807) is 17.8 Å². The highest BCUT2D eigenvalue weighted by Gasteiger charge is 2.48. The average Bonchev–Trinajstić information content (AvgIpc) is 2.81. The zero-order valence-electron chi connectivity index (χ0n) is 7.82. The van der Waals surface area contributed by atoms with Crippen molar-refractivity contribution in [3.63, 3.8) is 0 Å². The van der Waals surface area contributed by atoms with E-state index >= 15 is 0 Å². The highest BCUT2D eigenvalue weighted by molar-refractivity contribution is 8.01. The van der Waals surface area contributed by atoms with E-state index in [-0.39, 0.29) is 5.91 Å². The molecule has 3 heteroatoms. The average molecular weight is 197 g/mol. The zero-order chi connectivity index (χ0) is 9.26. The molecular formula is C10H15NOS. The van der Waals surface area contributed by atoms with Crippen LogP contribution in [0.5, 0.6) is 0 Å². The fourth-order valence-corrected chi connectivity index (χ4v) is 2.50. The molecule has 2 saturated carbocycles. The number of fused-ring (bicyclic) bond motifs is 1. The summed E-state index contributed by atoms with van der Waals surface area (Å²) < 4.78 is 0. The predicted molar refractivity (Wildman–Crippen MR) is 55.4 cm³/mol. The lowest BCUT2D eigenvalue weighted by Crippen LogP contribution is -2.33. The van der Waals surface area contributed by atoms with Crippen LogP contribution in [0.1, 0.15) is 19.3 Å². The molecule has 2 nitrogen and oxygen atoms in total. The van der Waals surface area contributed by atoms with Crippen LogP contribution < -0.4 is 5.32 Å². The molecule has 2 fully saturated rings. The second-order valence-corrected chi connectivity index (χ2v) is 4.63. The first kappa shape index (κ1) is 9.13. The van der Waals surface area contributed by atoms with Crippen molar-refractivity contribution in [1.82, 2.24) is 5.32 Å². The lowest BCUT2D eigenvalue weighted by Gasteiger charge is -2.11. The Hall–Kier alpha value is -0.440. The van der Waals surface area contributed by atoms with E-state index in [0.717, 1.165) is 11.8 Å². The zero-order valence-corrected chi connectivity index (χ0v) is 8.64. The molecule has 0 spiro atoms. The Bertz CT molecular complexity index is 239. The molecule has 72 valence electrons. The minimum Gasteiger partial charge on any atom is -0.350 e. The van der Waals surface area contributed by atoms with E-state index in [4.69, 9.17) is 0 Å². The number of thioether (sulfide) groups is 1. The maximum atomic E-state index is 11.3. The molecule has 0 aliphatic heterocycles.